The molecule has 0 spiro atoms. The van der Waals surface area contributed by atoms with E-state index in [4.69, 9.17) is 9.47 Å². The summed E-state index contributed by atoms with van der Waals surface area (Å²) in [5.41, 5.74) is 1.80. The summed E-state index contributed by atoms with van der Waals surface area (Å²) in [6.07, 6.45) is -0.0141. The van der Waals surface area contributed by atoms with Gasteiger partial charge in [-0.1, -0.05) is 24.3 Å². The Morgan fingerprint density at radius 3 is 2.62 bits per heavy atom. The van der Waals surface area contributed by atoms with Gasteiger partial charge in [-0.05, 0) is 36.2 Å². The van der Waals surface area contributed by atoms with Gasteiger partial charge in [0, 0.05) is 13.5 Å². The number of carbonyl (C=O) groups excluding carboxylic acids is 2. The number of nitrogens with one attached hydrogen (secondary N) is 1. The van der Waals surface area contributed by atoms with E-state index in [0.717, 1.165) is 11.3 Å². The molecule has 1 unspecified atom stereocenters. The van der Waals surface area contributed by atoms with E-state index < -0.39 is 6.10 Å². The van der Waals surface area contributed by atoms with Crippen LogP contribution in [0.15, 0.2) is 48.5 Å². The number of rotatable bonds is 5. The molecule has 0 saturated heterocycles. The Kier molecular flexibility index (Phi) is 5.41. The first-order chi connectivity index (χ1) is 12.6. The Balaban J connectivity index is 1.58. The Hall–Kier alpha value is -3.02. The summed E-state index contributed by atoms with van der Waals surface area (Å²) in [6, 6.07) is 15.0. The normalized spacial score (nSPS) is 15.6. The van der Waals surface area contributed by atoms with Crippen LogP contribution in [0.1, 0.15) is 12.5 Å². The number of fused-ring (bicyclic) bond motifs is 1. The summed E-state index contributed by atoms with van der Waals surface area (Å²) in [4.78, 5) is 26.0. The van der Waals surface area contributed by atoms with Crippen LogP contribution in [-0.2, 0) is 16.0 Å². The summed E-state index contributed by atoms with van der Waals surface area (Å²) in [5.74, 6) is 1.01. The zero-order valence-electron chi connectivity index (χ0n) is 14.9. The Labute approximate surface area is 152 Å². The van der Waals surface area contributed by atoms with Crippen LogP contribution in [0.5, 0.6) is 11.5 Å². The maximum absolute atomic E-state index is 12.5. The molecule has 0 bridgehead atoms. The molecule has 0 aliphatic carbocycles. The second-order valence-electron chi connectivity index (χ2n) is 6.09. The molecule has 1 aliphatic heterocycles. The molecule has 6 nitrogen and oxygen atoms in total. The number of benzene rings is 2. The minimum Gasteiger partial charge on any atom is -0.497 e. The highest BCUT2D eigenvalue weighted by atomic mass is 16.5. The lowest BCUT2D eigenvalue weighted by atomic mass is 10.1. The molecule has 6 heteroatoms. The monoisotopic (exact) mass is 354 g/mol. The molecule has 26 heavy (non-hydrogen) atoms. The van der Waals surface area contributed by atoms with Crippen LogP contribution < -0.4 is 19.7 Å². The highest BCUT2D eigenvalue weighted by Crippen LogP contribution is 2.33. The fourth-order valence-electron chi connectivity index (χ4n) is 2.91. The van der Waals surface area contributed by atoms with E-state index in [1.165, 1.54) is 6.92 Å². The number of methoxy groups -OCH3 is 1. The Bertz CT molecular complexity index is 789. The van der Waals surface area contributed by atoms with Crippen LogP contribution in [0.3, 0.4) is 0 Å². The van der Waals surface area contributed by atoms with Gasteiger partial charge in [0.25, 0.3) is 5.91 Å². The highest BCUT2D eigenvalue weighted by molar-refractivity contribution is 5.95. The Morgan fingerprint density at radius 2 is 1.92 bits per heavy atom. The fraction of sp³-hybridized carbons (Fsp3) is 0.300. The smallest absolute Gasteiger partial charge is 0.262 e. The third-order valence-electron chi connectivity index (χ3n) is 4.32. The van der Waals surface area contributed by atoms with Crippen LogP contribution >= 0.6 is 0 Å². The van der Waals surface area contributed by atoms with Crippen LogP contribution in [0, 0.1) is 0 Å². The number of carbonyl (C=O) groups is 2. The molecule has 2 amide bonds. The molecule has 0 saturated carbocycles. The Morgan fingerprint density at radius 1 is 1.19 bits per heavy atom. The van der Waals surface area contributed by atoms with Gasteiger partial charge < -0.3 is 19.7 Å². The van der Waals surface area contributed by atoms with Crippen LogP contribution in [-0.4, -0.2) is 38.1 Å². The van der Waals surface area contributed by atoms with Crippen molar-refractivity contribution < 1.29 is 19.1 Å². The average molecular weight is 354 g/mol. The first-order valence-corrected chi connectivity index (χ1v) is 8.53. The van der Waals surface area contributed by atoms with Gasteiger partial charge in [0.15, 0.2) is 6.10 Å². The molecule has 3 rings (SSSR count). The van der Waals surface area contributed by atoms with Crippen LogP contribution in [0.4, 0.5) is 5.69 Å². The molecule has 1 aliphatic rings. The SMILES string of the molecule is COc1ccc(CCNC(=O)C2CN(C(C)=O)c3ccccc3O2)cc1. The largest absolute Gasteiger partial charge is 0.497 e. The lowest BCUT2D eigenvalue weighted by Crippen LogP contribution is -2.50. The second-order valence-corrected chi connectivity index (χ2v) is 6.09. The molecule has 0 fully saturated rings. The van der Waals surface area contributed by atoms with Gasteiger partial charge >= 0.3 is 0 Å². The number of ether oxygens (including phenoxy) is 2. The van der Waals surface area contributed by atoms with E-state index in [9.17, 15) is 9.59 Å². The molecule has 1 atom stereocenters. The predicted molar refractivity (Wildman–Crippen MR) is 98.6 cm³/mol. The van der Waals surface area contributed by atoms with Gasteiger partial charge in [0.1, 0.15) is 11.5 Å². The summed E-state index contributed by atoms with van der Waals surface area (Å²) < 4.78 is 10.9. The molecule has 0 aromatic heterocycles. The van der Waals surface area contributed by atoms with E-state index in [1.807, 2.05) is 42.5 Å². The van der Waals surface area contributed by atoms with Crippen molar-refractivity contribution in [2.24, 2.45) is 0 Å². The van der Waals surface area contributed by atoms with Crippen LogP contribution in [0.2, 0.25) is 0 Å². The molecule has 0 radical (unpaired) electrons. The molecular formula is C20H22N2O4. The number of amides is 2. The van der Waals surface area contributed by atoms with Gasteiger partial charge in [0.05, 0.1) is 19.3 Å². The molecule has 1 heterocycles. The van der Waals surface area contributed by atoms with Gasteiger partial charge in [-0.15, -0.1) is 0 Å². The molecule has 1 N–H and O–H groups in total. The number of anilines is 1. The number of nitrogens with zero attached hydrogens (tertiary/aromatic N) is 1. The van der Waals surface area contributed by atoms with Crippen LogP contribution in [0.25, 0.3) is 0 Å². The molecular weight excluding hydrogens is 332 g/mol. The number of hydrogen-bond donors (Lipinski definition) is 1. The van der Waals surface area contributed by atoms with E-state index in [-0.39, 0.29) is 18.4 Å². The van der Waals surface area contributed by atoms with Crippen molar-refractivity contribution in [3.05, 3.63) is 54.1 Å². The summed E-state index contributed by atoms with van der Waals surface area (Å²) in [7, 11) is 1.63. The summed E-state index contributed by atoms with van der Waals surface area (Å²) in [6.45, 7) is 2.19. The topological polar surface area (TPSA) is 67.9 Å². The van der Waals surface area contributed by atoms with Crippen molar-refractivity contribution >= 4 is 17.5 Å². The highest BCUT2D eigenvalue weighted by Gasteiger charge is 2.32. The first kappa shape index (κ1) is 17.8. The maximum atomic E-state index is 12.5. The lowest BCUT2D eigenvalue weighted by Gasteiger charge is -2.33. The number of hydrogen-bond acceptors (Lipinski definition) is 4. The lowest BCUT2D eigenvalue weighted by molar-refractivity contribution is -0.128. The van der Waals surface area contributed by atoms with Gasteiger partial charge in [-0.25, -0.2) is 0 Å². The van der Waals surface area contributed by atoms with E-state index >= 15 is 0 Å². The molecule has 136 valence electrons. The van der Waals surface area contributed by atoms with Crippen molar-refractivity contribution in [3.63, 3.8) is 0 Å². The summed E-state index contributed by atoms with van der Waals surface area (Å²) in [5, 5.41) is 2.89. The van der Waals surface area contributed by atoms with Gasteiger partial charge in [-0.3, -0.25) is 9.59 Å². The van der Waals surface area contributed by atoms with E-state index in [0.29, 0.717) is 24.4 Å². The minimum atomic E-state index is -0.718. The van der Waals surface area contributed by atoms with Crippen molar-refractivity contribution in [3.8, 4) is 11.5 Å². The quantitative estimate of drug-likeness (QED) is 0.894. The van der Waals surface area contributed by atoms with Crippen molar-refractivity contribution in [1.29, 1.82) is 0 Å². The molecule has 2 aromatic rings. The van der Waals surface area contributed by atoms with Crippen molar-refractivity contribution in [2.75, 3.05) is 25.1 Å². The first-order valence-electron chi connectivity index (χ1n) is 8.53. The predicted octanol–water partition coefficient (Wildman–Crippen LogP) is 2.17. The zero-order chi connectivity index (χ0) is 18.5. The standard InChI is InChI=1S/C20H22N2O4/c1-14(23)22-13-19(26-18-6-4-3-5-17(18)22)20(24)21-12-11-15-7-9-16(25-2)10-8-15/h3-10,19H,11-13H2,1-2H3,(H,21,24). The van der Waals surface area contributed by atoms with E-state index in [1.54, 1.807) is 18.1 Å². The third kappa shape index (κ3) is 3.96. The number of para-hydroxylation sites is 2. The van der Waals surface area contributed by atoms with E-state index in [2.05, 4.69) is 5.32 Å². The van der Waals surface area contributed by atoms with Gasteiger partial charge in [0.2, 0.25) is 5.91 Å². The maximum Gasteiger partial charge on any atom is 0.262 e. The fourth-order valence-corrected chi connectivity index (χ4v) is 2.91. The molecule has 2 aromatic carbocycles. The minimum absolute atomic E-state index is 0.114. The third-order valence-corrected chi connectivity index (χ3v) is 4.32. The average Bonchev–Trinajstić information content (AvgIpc) is 2.67. The zero-order valence-corrected chi connectivity index (χ0v) is 14.9. The summed E-state index contributed by atoms with van der Waals surface area (Å²) >= 11 is 0. The van der Waals surface area contributed by atoms with Crippen molar-refractivity contribution in [2.45, 2.75) is 19.4 Å². The van der Waals surface area contributed by atoms with Gasteiger partial charge in [-0.2, -0.15) is 0 Å². The second kappa shape index (κ2) is 7.91. The van der Waals surface area contributed by atoms with Crippen molar-refractivity contribution in [1.82, 2.24) is 5.32 Å².